The van der Waals surface area contributed by atoms with Crippen LogP contribution in [0.15, 0.2) is 10.5 Å². The molecule has 1 aromatic rings. The number of aryl methyl sites for hydroxylation is 1. The maximum atomic E-state index is 5.81. The lowest BCUT2D eigenvalue weighted by Gasteiger charge is -2.14. The van der Waals surface area contributed by atoms with Crippen LogP contribution in [-0.4, -0.2) is 37.0 Å². The predicted octanol–water partition coefficient (Wildman–Crippen LogP) is 3.13. The Balaban J connectivity index is 2.44. The molecule has 0 aliphatic rings. The van der Waals surface area contributed by atoms with Crippen molar-refractivity contribution >= 4 is 11.8 Å². The van der Waals surface area contributed by atoms with Gasteiger partial charge in [0.2, 0.25) is 0 Å². The zero-order chi connectivity index (χ0) is 14.3. The van der Waals surface area contributed by atoms with Gasteiger partial charge in [0, 0.05) is 24.4 Å². The smallest absolute Gasteiger partial charge is 0.118 e. The van der Waals surface area contributed by atoms with E-state index in [0.29, 0.717) is 5.92 Å². The molecule has 3 nitrogen and oxygen atoms in total. The highest BCUT2D eigenvalue weighted by Crippen LogP contribution is 2.16. The highest BCUT2D eigenvalue weighted by molar-refractivity contribution is 7.98. The molecular weight excluding hydrogens is 256 g/mol. The van der Waals surface area contributed by atoms with Gasteiger partial charge >= 0.3 is 0 Å². The van der Waals surface area contributed by atoms with E-state index in [9.17, 15) is 0 Å². The number of thioether (sulfide) groups is 1. The SMILES string of the molecule is CSCCN(C)Cc1cc(CNCC(C)C)oc1C. The first-order valence-corrected chi connectivity index (χ1v) is 8.38. The van der Waals surface area contributed by atoms with Crippen molar-refractivity contribution in [2.24, 2.45) is 5.92 Å². The van der Waals surface area contributed by atoms with E-state index in [1.54, 1.807) is 0 Å². The maximum absolute atomic E-state index is 5.81. The molecule has 0 aliphatic heterocycles. The Bertz CT molecular complexity index is 363. The van der Waals surface area contributed by atoms with E-state index < -0.39 is 0 Å². The van der Waals surface area contributed by atoms with Crippen LogP contribution in [0.1, 0.15) is 30.9 Å². The Morgan fingerprint density at radius 1 is 1.42 bits per heavy atom. The fourth-order valence-electron chi connectivity index (χ4n) is 1.93. The first kappa shape index (κ1) is 16.6. The van der Waals surface area contributed by atoms with Gasteiger partial charge in [0.1, 0.15) is 11.5 Å². The molecule has 0 amide bonds. The van der Waals surface area contributed by atoms with Crippen LogP contribution in [0.2, 0.25) is 0 Å². The van der Waals surface area contributed by atoms with Gasteiger partial charge in [0.05, 0.1) is 6.54 Å². The van der Waals surface area contributed by atoms with Crippen molar-refractivity contribution in [1.29, 1.82) is 0 Å². The van der Waals surface area contributed by atoms with Crippen LogP contribution in [-0.2, 0) is 13.1 Å². The Morgan fingerprint density at radius 2 is 2.16 bits per heavy atom. The lowest BCUT2D eigenvalue weighted by molar-refractivity contribution is 0.345. The van der Waals surface area contributed by atoms with Crippen LogP contribution in [0, 0.1) is 12.8 Å². The molecule has 1 N–H and O–H groups in total. The molecule has 110 valence electrons. The van der Waals surface area contributed by atoms with E-state index >= 15 is 0 Å². The molecule has 0 bridgehead atoms. The average Bonchev–Trinajstić information content (AvgIpc) is 2.67. The fraction of sp³-hybridized carbons (Fsp3) is 0.733. The summed E-state index contributed by atoms with van der Waals surface area (Å²) in [5, 5.41) is 3.42. The summed E-state index contributed by atoms with van der Waals surface area (Å²) >= 11 is 1.89. The minimum Gasteiger partial charge on any atom is -0.465 e. The number of hydrogen-bond acceptors (Lipinski definition) is 4. The quantitative estimate of drug-likeness (QED) is 0.754. The van der Waals surface area contributed by atoms with Crippen molar-refractivity contribution < 1.29 is 4.42 Å². The zero-order valence-corrected chi connectivity index (χ0v) is 13.8. The molecule has 0 fully saturated rings. The molecule has 0 atom stereocenters. The molecule has 4 heteroatoms. The van der Waals surface area contributed by atoms with E-state index in [-0.39, 0.29) is 0 Å². The van der Waals surface area contributed by atoms with Crippen molar-refractivity contribution in [3.05, 3.63) is 23.2 Å². The van der Waals surface area contributed by atoms with Crippen LogP contribution in [0.4, 0.5) is 0 Å². The maximum Gasteiger partial charge on any atom is 0.118 e. The molecule has 1 aromatic heterocycles. The van der Waals surface area contributed by atoms with Crippen LogP contribution in [0.5, 0.6) is 0 Å². The number of furan rings is 1. The first-order valence-electron chi connectivity index (χ1n) is 6.99. The lowest BCUT2D eigenvalue weighted by atomic mass is 10.2. The third-order valence-corrected chi connectivity index (χ3v) is 3.63. The van der Waals surface area contributed by atoms with Gasteiger partial charge in [0.25, 0.3) is 0 Å². The zero-order valence-electron chi connectivity index (χ0n) is 13.0. The fourth-order valence-corrected chi connectivity index (χ4v) is 2.43. The van der Waals surface area contributed by atoms with Crippen molar-refractivity contribution in [2.75, 3.05) is 32.1 Å². The third kappa shape index (κ3) is 6.50. The Kier molecular flexibility index (Phi) is 7.57. The monoisotopic (exact) mass is 284 g/mol. The van der Waals surface area contributed by atoms with Crippen LogP contribution in [0.25, 0.3) is 0 Å². The average molecular weight is 284 g/mol. The van der Waals surface area contributed by atoms with Gasteiger partial charge in [-0.3, -0.25) is 0 Å². The minimum atomic E-state index is 0.674. The molecule has 0 saturated carbocycles. The second-order valence-corrected chi connectivity index (χ2v) is 6.54. The van der Waals surface area contributed by atoms with Gasteiger partial charge in [-0.15, -0.1) is 0 Å². The van der Waals surface area contributed by atoms with E-state index in [4.69, 9.17) is 4.42 Å². The highest BCUT2D eigenvalue weighted by Gasteiger charge is 2.09. The van der Waals surface area contributed by atoms with Gasteiger partial charge in [-0.05, 0) is 38.8 Å². The minimum absolute atomic E-state index is 0.674. The molecule has 1 rings (SSSR count). The van der Waals surface area contributed by atoms with Crippen molar-refractivity contribution in [3.63, 3.8) is 0 Å². The number of rotatable bonds is 9. The molecule has 0 saturated heterocycles. The summed E-state index contributed by atoms with van der Waals surface area (Å²) in [6.07, 6.45) is 2.15. The summed E-state index contributed by atoms with van der Waals surface area (Å²) in [7, 11) is 2.17. The first-order chi connectivity index (χ1) is 9.02. The van der Waals surface area contributed by atoms with Crippen LogP contribution >= 0.6 is 11.8 Å². The molecule has 1 heterocycles. The van der Waals surface area contributed by atoms with Crippen LogP contribution in [0.3, 0.4) is 0 Å². The van der Waals surface area contributed by atoms with Gasteiger partial charge in [-0.25, -0.2) is 0 Å². The molecule has 0 radical (unpaired) electrons. The lowest BCUT2D eigenvalue weighted by Crippen LogP contribution is -2.20. The number of hydrogen-bond donors (Lipinski definition) is 1. The summed E-state index contributed by atoms with van der Waals surface area (Å²) in [6.45, 7) is 10.4. The summed E-state index contributed by atoms with van der Waals surface area (Å²) in [5.74, 6) is 3.95. The Hall–Kier alpha value is -0.450. The van der Waals surface area contributed by atoms with E-state index in [2.05, 4.69) is 50.4 Å². The normalized spacial score (nSPS) is 11.7. The summed E-state index contributed by atoms with van der Waals surface area (Å²) in [4.78, 5) is 2.35. The Morgan fingerprint density at radius 3 is 2.79 bits per heavy atom. The number of nitrogens with one attached hydrogen (secondary N) is 1. The standard InChI is InChI=1S/C15H28N2OS/c1-12(2)9-16-10-15-8-14(13(3)18-15)11-17(4)6-7-19-5/h8,12,16H,6-7,9-11H2,1-5H3. The second kappa shape index (κ2) is 8.67. The highest BCUT2D eigenvalue weighted by atomic mass is 32.2. The van der Waals surface area contributed by atoms with Crippen molar-refractivity contribution in [1.82, 2.24) is 10.2 Å². The van der Waals surface area contributed by atoms with E-state index in [1.807, 2.05) is 11.8 Å². The van der Waals surface area contributed by atoms with Gasteiger partial charge in [0.15, 0.2) is 0 Å². The van der Waals surface area contributed by atoms with Gasteiger partial charge in [-0.2, -0.15) is 11.8 Å². The number of nitrogens with zero attached hydrogens (tertiary/aromatic N) is 1. The Labute approximate surface area is 122 Å². The molecule has 0 aliphatic carbocycles. The topological polar surface area (TPSA) is 28.4 Å². The predicted molar refractivity (Wildman–Crippen MR) is 84.7 cm³/mol. The summed E-state index contributed by atoms with van der Waals surface area (Å²) in [6, 6.07) is 2.19. The molecular formula is C15H28N2OS. The van der Waals surface area contributed by atoms with E-state index in [1.165, 1.54) is 11.3 Å². The second-order valence-electron chi connectivity index (χ2n) is 5.55. The molecule has 19 heavy (non-hydrogen) atoms. The third-order valence-electron chi connectivity index (χ3n) is 3.04. The van der Waals surface area contributed by atoms with E-state index in [0.717, 1.165) is 37.7 Å². The molecule has 0 unspecified atom stereocenters. The largest absolute Gasteiger partial charge is 0.465 e. The van der Waals surface area contributed by atoms with Crippen molar-refractivity contribution in [3.8, 4) is 0 Å². The summed E-state index contributed by atoms with van der Waals surface area (Å²) in [5.41, 5.74) is 1.31. The van der Waals surface area contributed by atoms with Gasteiger partial charge < -0.3 is 14.6 Å². The summed E-state index contributed by atoms with van der Waals surface area (Å²) < 4.78 is 5.81. The van der Waals surface area contributed by atoms with Crippen LogP contribution < -0.4 is 5.32 Å². The van der Waals surface area contributed by atoms with Gasteiger partial charge in [-0.1, -0.05) is 13.8 Å². The van der Waals surface area contributed by atoms with Crippen molar-refractivity contribution in [2.45, 2.75) is 33.9 Å². The molecule has 0 aromatic carbocycles. The molecule has 0 spiro atoms.